The lowest BCUT2D eigenvalue weighted by Gasteiger charge is -2.24. The summed E-state index contributed by atoms with van der Waals surface area (Å²) in [5.74, 6) is -0.368. The monoisotopic (exact) mass is 293 g/mol. The quantitative estimate of drug-likeness (QED) is 0.748. The second-order valence-electron chi connectivity index (χ2n) is 5.27. The Balaban J connectivity index is 2.34. The Labute approximate surface area is 125 Å². The highest BCUT2D eigenvalue weighted by molar-refractivity contribution is 5.81. The van der Waals surface area contributed by atoms with Crippen molar-refractivity contribution < 1.29 is 19.4 Å². The van der Waals surface area contributed by atoms with Crippen molar-refractivity contribution in [3.63, 3.8) is 0 Å². The summed E-state index contributed by atoms with van der Waals surface area (Å²) in [5, 5.41) is 8.81. The van der Waals surface area contributed by atoms with Gasteiger partial charge in [0.25, 0.3) is 0 Å². The number of carbonyl (C=O) groups is 2. The lowest BCUT2D eigenvalue weighted by atomic mass is 10.2. The van der Waals surface area contributed by atoms with Crippen LogP contribution in [0.2, 0.25) is 0 Å². The van der Waals surface area contributed by atoms with Gasteiger partial charge < -0.3 is 14.7 Å². The van der Waals surface area contributed by atoms with E-state index in [1.807, 2.05) is 45.0 Å². The molecule has 0 saturated heterocycles. The first-order valence-electron chi connectivity index (χ1n) is 7.11. The SMILES string of the molecule is Cc1ccc(OCCCC(=O)N(CC(=O)O)C(C)C)cc1. The molecule has 0 aliphatic heterocycles. The molecule has 0 spiro atoms. The molecule has 1 aromatic rings. The summed E-state index contributed by atoms with van der Waals surface area (Å²) >= 11 is 0. The summed E-state index contributed by atoms with van der Waals surface area (Å²) < 4.78 is 5.55. The van der Waals surface area contributed by atoms with Gasteiger partial charge in [0.2, 0.25) is 5.91 Å². The third-order valence-electron chi connectivity index (χ3n) is 3.07. The van der Waals surface area contributed by atoms with Crippen LogP contribution in [0.4, 0.5) is 0 Å². The normalized spacial score (nSPS) is 10.5. The van der Waals surface area contributed by atoms with Gasteiger partial charge in [0, 0.05) is 12.5 Å². The summed E-state index contributed by atoms with van der Waals surface area (Å²) in [5.41, 5.74) is 1.17. The van der Waals surface area contributed by atoms with Crippen LogP contribution in [0.25, 0.3) is 0 Å². The fraction of sp³-hybridized carbons (Fsp3) is 0.500. The van der Waals surface area contributed by atoms with Gasteiger partial charge in [0.1, 0.15) is 12.3 Å². The Morgan fingerprint density at radius 3 is 2.38 bits per heavy atom. The van der Waals surface area contributed by atoms with Gasteiger partial charge in [-0.15, -0.1) is 0 Å². The molecule has 0 fully saturated rings. The average Bonchev–Trinajstić information content (AvgIpc) is 2.42. The highest BCUT2D eigenvalue weighted by Crippen LogP contribution is 2.12. The number of hydrogen-bond donors (Lipinski definition) is 1. The molecule has 5 heteroatoms. The summed E-state index contributed by atoms with van der Waals surface area (Å²) in [6.07, 6.45) is 0.854. The van der Waals surface area contributed by atoms with E-state index in [1.165, 1.54) is 10.5 Å². The van der Waals surface area contributed by atoms with Crippen molar-refractivity contribution in [1.29, 1.82) is 0 Å². The van der Waals surface area contributed by atoms with E-state index in [0.717, 1.165) is 5.75 Å². The zero-order chi connectivity index (χ0) is 15.8. The van der Waals surface area contributed by atoms with Crippen molar-refractivity contribution in [3.8, 4) is 5.75 Å². The van der Waals surface area contributed by atoms with E-state index in [9.17, 15) is 9.59 Å². The Hall–Kier alpha value is -2.04. The minimum Gasteiger partial charge on any atom is -0.494 e. The van der Waals surface area contributed by atoms with Crippen molar-refractivity contribution in [2.45, 2.75) is 39.7 Å². The Bertz CT molecular complexity index is 468. The molecule has 21 heavy (non-hydrogen) atoms. The minimum atomic E-state index is -0.993. The lowest BCUT2D eigenvalue weighted by Crippen LogP contribution is -2.40. The standard InChI is InChI=1S/C16H23NO4/c1-12(2)17(11-16(19)20)15(18)5-4-10-21-14-8-6-13(3)7-9-14/h6-9,12H,4-5,10-11H2,1-3H3,(H,19,20). The number of hydrogen-bond acceptors (Lipinski definition) is 3. The maximum atomic E-state index is 12.0. The number of carboxylic acids is 1. The summed E-state index contributed by atoms with van der Waals surface area (Å²) in [6.45, 7) is 5.81. The number of carbonyl (C=O) groups excluding carboxylic acids is 1. The number of amides is 1. The molecule has 0 bridgehead atoms. The molecule has 0 radical (unpaired) electrons. The molecule has 0 aliphatic rings. The second-order valence-corrected chi connectivity index (χ2v) is 5.27. The Morgan fingerprint density at radius 1 is 1.24 bits per heavy atom. The number of rotatable bonds is 8. The highest BCUT2D eigenvalue weighted by Gasteiger charge is 2.19. The fourth-order valence-corrected chi connectivity index (χ4v) is 1.90. The number of aliphatic carboxylic acids is 1. The molecular weight excluding hydrogens is 270 g/mol. The summed E-state index contributed by atoms with van der Waals surface area (Å²) in [7, 11) is 0. The van der Waals surface area contributed by atoms with Crippen LogP contribution in [0.15, 0.2) is 24.3 Å². The van der Waals surface area contributed by atoms with Crippen LogP contribution in [-0.2, 0) is 9.59 Å². The molecule has 1 N–H and O–H groups in total. The van der Waals surface area contributed by atoms with Crippen LogP contribution in [0.1, 0.15) is 32.3 Å². The van der Waals surface area contributed by atoms with E-state index < -0.39 is 5.97 Å². The third kappa shape index (κ3) is 6.29. The van der Waals surface area contributed by atoms with Crippen LogP contribution >= 0.6 is 0 Å². The molecule has 0 saturated carbocycles. The van der Waals surface area contributed by atoms with E-state index in [1.54, 1.807) is 0 Å². The van der Waals surface area contributed by atoms with Crippen LogP contribution in [0.5, 0.6) is 5.75 Å². The molecule has 0 aromatic heterocycles. The number of benzene rings is 1. The van der Waals surface area contributed by atoms with E-state index in [-0.39, 0.29) is 24.9 Å². The molecule has 1 rings (SSSR count). The average molecular weight is 293 g/mol. The Morgan fingerprint density at radius 2 is 1.86 bits per heavy atom. The van der Waals surface area contributed by atoms with Crippen LogP contribution in [-0.4, -0.2) is 41.1 Å². The number of carboxylic acid groups (broad SMARTS) is 1. The maximum Gasteiger partial charge on any atom is 0.323 e. The molecular formula is C16H23NO4. The van der Waals surface area contributed by atoms with Gasteiger partial charge in [-0.2, -0.15) is 0 Å². The first kappa shape index (κ1) is 17.0. The summed E-state index contributed by atoms with van der Waals surface area (Å²) in [4.78, 5) is 24.1. The molecule has 5 nitrogen and oxygen atoms in total. The molecule has 0 atom stereocenters. The minimum absolute atomic E-state index is 0.119. The first-order chi connectivity index (χ1) is 9.90. The number of nitrogens with zero attached hydrogens (tertiary/aromatic N) is 1. The fourth-order valence-electron chi connectivity index (χ4n) is 1.90. The first-order valence-corrected chi connectivity index (χ1v) is 7.11. The van der Waals surface area contributed by atoms with Crippen molar-refractivity contribution in [2.75, 3.05) is 13.2 Å². The lowest BCUT2D eigenvalue weighted by molar-refractivity contribution is -0.145. The van der Waals surface area contributed by atoms with Gasteiger partial charge in [-0.3, -0.25) is 9.59 Å². The van der Waals surface area contributed by atoms with Gasteiger partial charge in [-0.05, 0) is 39.3 Å². The van der Waals surface area contributed by atoms with Gasteiger partial charge in [0.05, 0.1) is 6.61 Å². The van der Waals surface area contributed by atoms with E-state index >= 15 is 0 Å². The molecule has 0 heterocycles. The Kier molecular flexibility index (Phi) is 6.72. The van der Waals surface area contributed by atoms with Crippen LogP contribution < -0.4 is 4.74 Å². The van der Waals surface area contributed by atoms with Gasteiger partial charge in [-0.25, -0.2) is 0 Å². The zero-order valence-corrected chi connectivity index (χ0v) is 12.8. The maximum absolute atomic E-state index is 12.0. The van der Waals surface area contributed by atoms with Crippen molar-refractivity contribution in [1.82, 2.24) is 4.90 Å². The molecule has 1 aromatic carbocycles. The van der Waals surface area contributed by atoms with Crippen molar-refractivity contribution >= 4 is 11.9 Å². The van der Waals surface area contributed by atoms with Gasteiger partial charge >= 0.3 is 5.97 Å². The predicted octanol–water partition coefficient (Wildman–Crippen LogP) is 2.48. The number of ether oxygens (including phenoxy) is 1. The molecule has 116 valence electrons. The van der Waals surface area contributed by atoms with Crippen LogP contribution in [0, 0.1) is 6.92 Å². The largest absolute Gasteiger partial charge is 0.494 e. The number of aryl methyl sites for hydroxylation is 1. The highest BCUT2D eigenvalue weighted by atomic mass is 16.5. The van der Waals surface area contributed by atoms with Crippen LogP contribution in [0.3, 0.4) is 0 Å². The second kappa shape index (κ2) is 8.29. The molecule has 1 amide bonds. The summed E-state index contributed by atoms with van der Waals surface area (Å²) in [6, 6.07) is 7.60. The molecule has 0 aliphatic carbocycles. The predicted molar refractivity (Wildman–Crippen MR) is 80.4 cm³/mol. The van der Waals surface area contributed by atoms with Gasteiger partial charge in [-0.1, -0.05) is 17.7 Å². The van der Waals surface area contributed by atoms with E-state index in [0.29, 0.717) is 13.0 Å². The molecule has 0 unspecified atom stereocenters. The smallest absolute Gasteiger partial charge is 0.323 e. The van der Waals surface area contributed by atoms with Gasteiger partial charge in [0.15, 0.2) is 0 Å². The van der Waals surface area contributed by atoms with Crippen molar-refractivity contribution in [3.05, 3.63) is 29.8 Å². The third-order valence-corrected chi connectivity index (χ3v) is 3.07. The van der Waals surface area contributed by atoms with E-state index in [4.69, 9.17) is 9.84 Å². The van der Waals surface area contributed by atoms with Crippen molar-refractivity contribution in [2.24, 2.45) is 0 Å². The van der Waals surface area contributed by atoms with E-state index in [2.05, 4.69) is 0 Å². The topological polar surface area (TPSA) is 66.8 Å². The zero-order valence-electron chi connectivity index (χ0n) is 12.8.